The van der Waals surface area contributed by atoms with Gasteiger partial charge >= 0.3 is 0 Å². The molecular formula is C27H28N4O3. The zero-order valence-electron chi connectivity index (χ0n) is 19.0. The van der Waals surface area contributed by atoms with Gasteiger partial charge in [-0.3, -0.25) is 19.5 Å². The minimum atomic E-state index is -0.0432. The number of rotatable bonds is 8. The molecule has 7 nitrogen and oxygen atoms in total. The molecule has 2 aromatic carbocycles. The molecule has 0 aliphatic carbocycles. The third-order valence-electron chi connectivity index (χ3n) is 5.52. The number of carbonyl (C=O) groups is 2. The molecule has 0 atom stereocenters. The lowest BCUT2D eigenvalue weighted by Crippen LogP contribution is -2.50. The molecule has 2 amide bonds. The van der Waals surface area contributed by atoms with E-state index in [9.17, 15) is 9.59 Å². The number of hydrogen-bond donors (Lipinski definition) is 1. The Kier molecular flexibility index (Phi) is 8.03. The first-order valence-corrected chi connectivity index (χ1v) is 11.3. The maximum Gasteiger partial charge on any atom is 0.246 e. The van der Waals surface area contributed by atoms with Gasteiger partial charge in [0.15, 0.2) is 0 Å². The largest absolute Gasteiger partial charge is 0.487 e. The van der Waals surface area contributed by atoms with E-state index in [1.807, 2.05) is 83.8 Å². The average molecular weight is 457 g/mol. The summed E-state index contributed by atoms with van der Waals surface area (Å²) in [5.41, 5.74) is 2.59. The van der Waals surface area contributed by atoms with Crippen molar-refractivity contribution in [1.29, 1.82) is 0 Å². The van der Waals surface area contributed by atoms with E-state index in [0.29, 0.717) is 39.3 Å². The molecule has 1 fully saturated rings. The molecule has 3 aromatic rings. The molecule has 4 rings (SSSR count). The minimum absolute atomic E-state index is 0.0242. The number of amides is 2. The lowest BCUT2D eigenvalue weighted by Gasteiger charge is -2.33. The third kappa shape index (κ3) is 7.02. The van der Waals surface area contributed by atoms with Crippen LogP contribution in [0.5, 0.6) is 5.75 Å². The van der Waals surface area contributed by atoms with Crippen LogP contribution in [-0.2, 0) is 16.2 Å². The van der Waals surface area contributed by atoms with Crippen molar-refractivity contribution in [2.45, 2.75) is 6.61 Å². The number of para-hydroxylation sites is 1. The number of aromatic nitrogens is 1. The Balaban J connectivity index is 1.19. The van der Waals surface area contributed by atoms with Crippen LogP contribution in [0.15, 0.2) is 85.1 Å². The number of piperazine rings is 1. The highest BCUT2D eigenvalue weighted by Gasteiger charge is 2.21. The van der Waals surface area contributed by atoms with Gasteiger partial charge in [0, 0.05) is 44.1 Å². The molecule has 1 N–H and O–H groups in total. The summed E-state index contributed by atoms with van der Waals surface area (Å²) in [5, 5.41) is 2.90. The molecule has 1 aromatic heterocycles. The lowest BCUT2D eigenvalue weighted by molar-refractivity contribution is -0.127. The van der Waals surface area contributed by atoms with Gasteiger partial charge in [0.2, 0.25) is 11.8 Å². The van der Waals surface area contributed by atoms with Gasteiger partial charge in [-0.1, -0.05) is 36.4 Å². The van der Waals surface area contributed by atoms with Crippen LogP contribution in [-0.4, -0.2) is 59.3 Å². The Hall–Kier alpha value is -3.97. The number of nitrogens with one attached hydrogen (secondary N) is 1. The summed E-state index contributed by atoms with van der Waals surface area (Å²) in [6.07, 6.45) is 5.15. The van der Waals surface area contributed by atoms with Crippen LogP contribution in [0, 0.1) is 0 Å². The highest BCUT2D eigenvalue weighted by Crippen LogP contribution is 2.15. The van der Waals surface area contributed by atoms with Crippen molar-refractivity contribution in [2.24, 2.45) is 0 Å². The second kappa shape index (κ2) is 11.8. The number of carbonyl (C=O) groups excluding carboxylic acids is 2. The topological polar surface area (TPSA) is 74.8 Å². The summed E-state index contributed by atoms with van der Waals surface area (Å²) in [7, 11) is 0. The summed E-state index contributed by atoms with van der Waals surface area (Å²) < 4.78 is 5.74. The first-order chi connectivity index (χ1) is 16.7. The second-order valence-corrected chi connectivity index (χ2v) is 8.03. The molecular weight excluding hydrogens is 428 g/mol. The number of nitrogens with zero attached hydrogens (tertiary/aromatic N) is 3. The number of ether oxygens (including phenoxy) is 1. The lowest BCUT2D eigenvalue weighted by atomic mass is 10.2. The van der Waals surface area contributed by atoms with E-state index in [1.54, 1.807) is 12.3 Å². The van der Waals surface area contributed by atoms with Crippen molar-refractivity contribution in [3.05, 3.63) is 96.3 Å². The van der Waals surface area contributed by atoms with Crippen LogP contribution >= 0.6 is 0 Å². The fraction of sp³-hybridized carbons (Fsp3) is 0.222. The molecule has 0 bridgehead atoms. The second-order valence-electron chi connectivity index (χ2n) is 8.03. The van der Waals surface area contributed by atoms with Crippen LogP contribution in [0.1, 0.15) is 11.3 Å². The summed E-state index contributed by atoms with van der Waals surface area (Å²) in [4.78, 5) is 32.9. The molecule has 1 saturated heterocycles. The standard InChI is InChI=1S/C27H28N4O3/c32-26(29-23-6-2-1-3-7-23)20-30-16-18-31(19-17-30)27(33)14-11-22-9-12-25(13-10-22)34-21-24-8-4-5-15-28-24/h1-15H,16-21H2,(H,29,32)/b14-11+. The zero-order valence-corrected chi connectivity index (χ0v) is 19.0. The van der Waals surface area contributed by atoms with Gasteiger partial charge in [-0.05, 0) is 48.0 Å². The molecule has 2 heterocycles. The minimum Gasteiger partial charge on any atom is -0.487 e. The highest BCUT2D eigenvalue weighted by atomic mass is 16.5. The SMILES string of the molecule is O=C(CN1CCN(C(=O)/C=C/c2ccc(OCc3ccccn3)cc2)CC1)Nc1ccccc1. The maximum absolute atomic E-state index is 12.6. The number of pyridine rings is 1. The molecule has 1 aliphatic heterocycles. The van der Waals surface area contributed by atoms with Crippen molar-refractivity contribution < 1.29 is 14.3 Å². The average Bonchev–Trinajstić information content (AvgIpc) is 2.88. The molecule has 7 heteroatoms. The van der Waals surface area contributed by atoms with Gasteiger partial charge in [-0.25, -0.2) is 0 Å². The summed E-state index contributed by atoms with van der Waals surface area (Å²) in [6, 6.07) is 22.7. The van der Waals surface area contributed by atoms with E-state index in [4.69, 9.17) is 4.74 Å². The molecule has 0 radical (unpaired) electrons. The summed E-state index contributed by atoms with van der Waals surface area (Å²) >= 11 is 0. The van der Waals surface area contributed by atoms with E-state index < -0.39 is 0 Å². The first kappa shape index (κ1) is 23.2. The molecule has 0 saturated carbocycles. The molecule has 1 aliphatic rings. The smallest absolute Gasteiger partial charge is 0.246 e. The maximum atomic E-state index is 12.6. The van der Waals surface area contributed by atoms with E-state index in [0.717, 1.165) is 22.7 Å². The van der Waals surface area contributed by atoms with Crippen LogP contribution < -0.4 is 10.1 Å². The highest BCUT2D eigenvalue weighted by molar-refractivity contribution is 5.93. The van der Waals surface area contributed by atoms with Crippen LogP contribution in [0.25, 0.3) is 6.08 Å². The van der Waals surface area contributed by atoms with Gasteiger partial charge < -0.3 is 15.0 Å². The summed E-state index contributed by atoms with van der Waals surface area (Å²) in [5.74, 6) is 0.684. The first-order valence-electron chi connectivity index (χ1n) is 11.3. The van der Waals surface area contributed by atoms with E-state index >= 15 is 0 Å². The molecule has 34 heavy (non-hydrogen) atoms. The van der Waals surface area contributed by atoms with Crippen LogP contribution in [0.3, 0.4) is 0 Å². The zero-order chi connectivity index (χ0) is 23.6. The number of anilines is 1. The Bertz CT molecular complexity index is 1090. The summed E-state index contributed by atoms with van der Waals surface area (Å²) in [6.45, 7) is 3.27. The number of hydrogen-bond acceptors (Lipinski definition) is 5. The molecule has 0 unspecified atom stereocenters. The van der Waals surface area contributed by atoms with Crippen molar-refractivity contribution >= 4 is 23.6 Å². The van der Waals surface area contributed by atoms with E-state index in [-0.39, 0.29) is 11.8 Å². The van der Waals surface area contributed by atoms with Gasteiger partial charge in [0.1, 0.15) is 12.4 Å². The van der Waals surface area contributed by atoms with Gasteiger partial charge in [0.25, 0.3) is 0 Å². The predicted molar refractivity (Wildman–Crippen MR) is 132 cm³/mol. The van der Waals surface area contributed by atoms with Crippen molar-refractivity contribution in [3.8, 4) is 5.75 Å². The number of benzene rings is 2. The Morgan fingerprint density at radius 2 is 1.65 bits per heavy atom. The fourth-order valence-corrected chi connectivity index (χ4v) is 3.64. The Morgan fingerprint density at radius 3 is 2.35 bits per heavy atom. The normalized spacial score (nSPS) is 14.2. The molecule has 0 spiro atoms. The predicted octanol–water partition coefficient (Wildman–Crippen LogP) is 3.46. The monoisotopic (exact) mass is 456 g/mol. The molecule has 174 valence electrons. The van der Waals surface area contributed by atoms with Crippen molar-refractivity contribution in [1.82, 2.24) is 14.8 Å². The van der Waals surface area contributed by atoms with Crippen LogP contribution in [0.4, 0.5) is 5.69 Å². The van der Waals surface area contributed by atoms with Gasteiger partial charge in [-0.2, -0.15) is 0 Å². The third-order valence-corrected chi connectivity index (χ3v) is 5.52. The Morgan fingerprint density at radius 1 is 0.912 bits per heavy atom. The van der Waals surface area contributed by atoms with E-state index in [2.05, 4.69) is 15.2 Å². The van der Waals surface area contributed by atoms with Crippen molar-refractivity contribution in [2.75, 3.05) is 38.0 Å². The quantitative estimate of drug-likeness (QED) is 0.526. The Labute approximate surface area is 199 Å². The fourth-order valence-electron chi connectivity index (χ4n) is 3.64. The van der Waals surface area contributed by atoms with Gasteiger partial charge in [0.05, 0.1) is 12.2 Å². The van der Waals surface area contributed by atoms with Crippen LogP contribution in [0.2, 0.25) is 0 Å². The van der Waals surface area contributed by atoms with Gasteiger partial charge in [-0.15, -0.1) is 0 Å². The van der Waals surface area contributed by atoms with Crippen molar-refractivity contribution in [3.63, 3.8) is 0 Å². The van der Waals surface area contributed by atoms with E-state index in [1.165, 1.54) is 0 Å².